The number of hydrogen-bond acceptors (Lipinski definition) is 3. The van der Waals surface area contributed by atoms with Crippen molar-refractivity contribution in [3.05, 3.63) is 0 Å². The maximum absolute atomic E-state index is 11.7. The molecule has 0 fully saturated rings. The number of rotatable bonds is 3. The van der Waals surface area contributed by atoms with Gasteiger partial charge in [-0.3, -0.25) is 10.2 Å². The quantitative estimate of drug-likeness (QED) is 0.626. The SMILES string of the molecule is CN(C)NC(=O)C(C)(C)C(C)(C)N. The zero-order valence-corrected chi connectivity index (χ0v) is 9.43. The molecule has 1 amide bonds. The number of carbonyl (C=O) groups is 1. The van der Waals surface area contributed by atoms with E-state index in [1.807, 2.05) is 27.7 Å². The van der Waals surface area contributed by atoms with E-state index < -0.39 is 11.0 Å². The Kier molecular flexibility index (Phi) is 3.47. The van der Waals surface area contributed by atoms with E-state index >= 15 is 0 Å². The molecule has 0 aliphatic rings. The minimum atomic E-state index is -0.586. The Bertz CT molecular complexity index is 192. The summed E-state index contributed by atoms with van der Waals surface area (Å²) >= 11 is 0. The van der Waals surface area contributed by atoms with Crippen molar-refractivity contribution in [1.82, 2.24) is 10.4 Å². The second-order valence-corrected chi connectivity index (χ2v) is 4.68. The second-order valence-electron chi connectivity index (χ2n) is 4.68. The van der Waals surface area contributed by atoms with Gasteiger partial charge in [0.05, 0.1) is 5.41 Å². The lowest BCUT2D eigenvalue weighted by molar-refractivity contribution is -0.136. The molecule has 0 unspecified atom stereocenters. The molecule has 0 saturated carbocycles. The van der Waals surface area contributed by atoms with Gasteiger partial charge in [0.1, 0.15) is 0 Å². The molecule has 4 heteroatoms. The van der Waals surface area contributed by atoms with Gasteiger partial charge in [-0.2, -0.15) is 0 Å². The van der Waals surface area contributed by atoms with Gasteiger partial charge < -0.3 is 5.73 Å². The smallest absolute Gasteiger partial charge is 0.241 e. The van der Waals surface area contributed by atoms with Crippen LogP contribution in [0.2, 0.25) is 0 Å². The van der Waals surface area contributed by atoms with Gasteiger partial charge in [-0.15, -0.1) is 0 Å². The number of hydrogen-bond donors (Lipinski definition) is 2. The molecule has 0 aromatic rings. The van der Waals surface area contributed by atoms with Crippen LogP contribution in [0, 0.1) is 5.41 Å². The third kappa shape index (κ3) is 2.97. The molecule has 78 valence electrons. The van der Waals surface area contributed by atoms with Crippen LogP contribution in [0.5, 0.6) is 0 Å². The molecule has 3 N–H and O–H groups in total. The van der Waals surface area contributed by atoms with E-state index in [1.54, 1.807) is 19.1 Å². The predicted molar refractivity (Wildman–Crippen MR) is 53.9 cm³/mol. The number of nitrogens with one attached hydrogen (secondary N) is 1. The van der Waals surface area contributed by atoms with Gasteiger partial charge in [0.15, 0.2) is 0 Å². The Morgan fingerprint density at radius 2 is 1.62 bits per heavy atom. The summed E-state index contributed by atoms with van der Waals surface area (Å²) in [5.74, 6) is -0.0648. The summed E-state index contributed by atoms with van der Waals surface area (Å²) in [6.07, 6.45) is 0. The lowest BCUT2D eigenvalue weighted by atomic mass is 9.74. The first kappa shape index (κ1) is 12.4. The van der Waals surface area contributed by atoms with Crippen molar-refractivity contribution in [3.63, 3.8) is 0 Å². The number of amides is 1. The Morgan fingerprint density at radius 3 is 1.85 bits per heavy atom. The topological polar surface area (TPSA) is 58.4 Å². The van der Waals surface area contributed by atoms with E-state index in [1.165, 1.54) is 0 Å². The summed E-state index contributed by atoms with van der Waals surface area (Å²) in [5.41, 5.74) is 7.49. The molecule has 0 aliphatic carbocycles. The van der Waals surface area contributed by atoms with E-state index in [-0.39, 0.29) is 5.91 Å². The van der Waals surface area contributed by atoms with Gasteiger partial charge in [0.2, 0.25) is 5.91 Å². The number of hydrazine groups is 1. The van der Waals surface area contributed by atoms with Crippen molar-refractivity contribution in [1.29, 1.82) is 0 Å². The first-order chi connectivity index (χ1) is 5.59. The van der Waals surface area contributed by atoms with Crippen molar-refractivity contribution in [3.8, 4) is 0 Å². The standard InChI is InChI=1S/C9H21N3O/c1-8(2,9(3,4)10)7(13)11-12(5)6/h10H2,1-6H3,(H,11,13). The van der Waals surface area contributed by atoms with Gasteiger partial charge >= 0.3 is 0 Å². The molecule has 4 nitrogen and oxygen atoms in total. The van der Waals surface area contributed by atoms with Crippen molar-refractivity contribution in [2.75, 3.05) is 14.1 Å². The summed E-state index contributed by atoms with van der Waals surface area (Å²) in [6.45, 7) is 7.38. The molecule has 0 radical (unpaired) electrons. The lowest BCUT2D eigenvalue weighted by Gasteiger charge is -2.37. The summed E-state index contributed by atoms with van der Waals surface area (Å²) in [4.78, 5) is 11.7. The van der Waals surface area contributed by atoms with Crippen LogP contribution in [-0.4, -0.2) is 30.6 Å². The summed E-state index contributed by atoms with van der Waals surface area (Å²) in [7, 11) is 3.55. The fourth-order valence-electron chi connectivity index (χ4n) is 0.635. The van der Waals surface area contributed by atoms with Gasteiger partial charge in [-0.25, -0.2) is 5.01 Å². The maximum Gasteiger partial charge on any atom is 0.241 e. The summed E-state index contributed by atoms with van der Waals surface area (Å²) < 4.78 is 0. The number of nitrogens with two attached hydrogens (primary N) is 1. The molecule has 0 heterocycles. The van der Waals surface area contributed by atoms with Gasteiger partial charge in [-0.05, 0) is 27.7 Å². The molecule has 0 aliphatic heterocycles. The van der Waals surface area contributed by atoms with Crippen molar-refractivity contribution in [2.24, 2.45) is 11.1 Å². The highest BCUT2D eigenvalue weighted by Crippen LogP contribution is 2.28. The third-order valence-corrected chi connectivity index (χ3v) is 2.50. The zero-order chi connectivity index (χ0) is 10.9. The van der Waals surface area contributed by atoms with E-state index in [2.05, 4.69) is 5.43 Å². The van der Waals surface area contributed by atoms with Crippen LogP contribution in [0.4, 0.5) is 0 Å². The zero-order valence-electron chi connectivity index (χ0n) is 9.43. The molecule has 0 aromatic carbocycles. The fraction of sp³-hybridized carbons (Fsp3) is 0.889. The van der Waals surface area contributed by atoms with Crippen LogP contribution in [-0.2, 0) is 4.79 Å². The Balaban J connectivity index is 4.56. The van der Waals surface area contributed by atoms with Crippen LogP contribution in [0.15, 0.2) is 0 Å². The Labute approximate surface area is 80.4 Å². The highest BCUT2D eigenvalue weighted by Gasteiger charge is 2.40. The van der Waals surface area contributed by atoms with Crippen LogP contribution in [0.1, 0.15) is 27.7 Å². The van der Waals surface area contributed by atoms with E-state index in [9.17, 15) is 4.79 Å². The van der Waals surface area contributed by atoms with E-state index in [0.29, 0.717) is 0 Å². The highest BCUT2D eigenvalue weighted by molar-refractivity contribution is 5.82. The molecule has 0 aromatic heterocycles. The minimum absolute atomic E-state index is 0.0648. The fourth-order valence-corrected chi connectivity index (χ4v) is 0.635. The molecule has 13 heavy (non-hydrogen) atoms. The largest absolute Gasteiger partial charge is 0.325 e. The molecule has 0 bridgehead atoms. The Hall–Kier alpha value is -0.610. The normalized spacial score (nSPS) is 13.2. The minimum Gasteiger partial charge on any atom is -0.325 e. The Morgan fingerprint density at radius 1 is 1.23 bits per heavy atom. The molecule has 0 spiro atoms. The van der Waals surface area contributed by atoms with E-state index in [0.717, 1.165) is 0 Å². The van der Waals surface area contributed by atoms with Crippen molar-refractivity contribution in [2.45, 2.75) is 33.2 Å². The average molecular weight is 187 g/mol. The monoisotopic (exact) mass is 187 g/mol. The average Bonchev–Trinajstić information content (AvgIpc) is 1.82. The molecular formula is C9H21N3O. The van der Waals surface area contributed by atoms with Crippen molar-refractivity contribution >= 4 is 5.91 Å². The summed E-state index contributed by atoms with van der Waals surface area (Å²) in [6, 6.07) is 0. The molecular weight excluding hydrogens is 166 g/mol. The lowest BCUT2D eigenvalue weighted by Crippen LogP contribution is -2.57. The van der Waals surface area contributed by atoms with E-state index in [4.69, 9.17) is 5.73 Å². The molecule has 0 atom stereocenters. The van der Waals surface area contributed by atoms with Crippen molar-refractivity contribution < 1.29 is 4.79 Å². The maximum atomic E-state index is 11.7. The van der Waals surface area contributed by atoms with Gasteiger partial charge in [0.25, 0.3) is 0 Å². The number of carbonyl (C=O) groups excluding carboxylic acids is 1. The number of nitrogens with zero attached hydrogens (tertiary/aromatic N) is 1. The predicted octanol–water partition coefficient (Wildman–Crippen LogP) is 0.343. The first-order valence-corrected chi connectivity index (χ1v) is 4.36. The molecule has 0 saturated heterocycles. The highest BCUT2D eigenvalue weighted by atomic mass is 16.2. The van der Waals surface area contributed by atoms with Gasteiger partial charge in [0, 0.05) is 19.6 Å². The van der Waals surface area contributed by atoms with Crippen LogP contribution < -0.4 is 11.2 Å². The van der Waals surface area contributed by atoms with Crippen LogP contribution in [0.25, 0.3) is 0 Å². The third-order valence-electron chi connectivity index (χ3n) is 2.50. The molecule has 0 rings (SSSR count). The van der Waals surface area contributed by atoms with Crippen LogP contribution >= 0.6 is 0 Å². The van der Waals surface area contributed by atoms with Crippen LogP contribution in [0.3, 0.4) is 0 Å². The van der Waals surface area contributed by atoms with Gasteiger partial charge in [-0.1, -0.05) is 0 Å². The first-order valence-electron chi connectivity index (χ1n) is 4.36. The summed E-state index contributed by atoms with van der Waals surface area (Å²) in [5, 5.41) is 1.62. The second kappa shape index (κ2) is 3.64.